The van der Waals surface area contributed by atoms with Crippen molar-refractivity contribution in [3.63, 3.8) is 0 Å². The summed E-state index contributed by atoms with van der Waals surface area (Å²) in [6.07, 6.45) is 6.21. The van der Waals surface area contributed by atoms with Crippen LogP contribution in [0.1, 0.15) is 43.7 Å². The van der Waals surface area contributed by atoms with Gasteiger partial charge in [0.2, 0.25) is 0 Å². The van der Waals surface area contributed by atoms with Crippen LogP contribution in [0.2, 0.25) is 0 Å². The van der Waals surface area contributed by atoms with Crippen LogP contribution in [0.25, 0.3) is 0 Å². The van der Waals surface area contributed by atoms with Gasteiger partial charge in [0.25, 0.3) is 0 Å². The molecule has 0 spiro atoms. The zero-order chi connectivity index (χ0) is 13.0. The number of hydrogen-bond acceptors (Lipinski definition) is 2. The first-order valence-corrected chi connectivity index (χ1v) is 6.88. The SMILES string of the molecule is CN(CCC(N)c1cccc(F)c1)C1CCCC1. The molecular formula is C15H23FN2. The molecule has 2 N–H and O–H groups in total. The predicted molar refractivity (Wildman–Crippen MR) is 72.8 cm³/mol. The van der Waals surface area contributed by atoms with Crippen molar-refractivity contribution >= 4 is 0 Å². The highest BCUT2D eigenvalue weighted by molar-refractivity contribution is 5.19. The third kappa shape index (κ3) is 3.53. The molecule has 0 aliphatic heterocycles. The van der Waals surface area contributed by atoms with Gasteiger partial charge in [-0.25, -0.2) is 4.39 Å². The van der Waals surface area contributed by atoms with Gasteiger partial charge in [0.1, 0.15) is 5.82 Å². The molecule has 1 aromatic rings. The molecular weight excluding hydrogens is 227 g/mol. The Morgan fingerprint density at radius 3 is 2.78 bits per heavy atom. The summed E-state index contributed by atoms with van der Waals surface area (Å²) in [6.45, 7) is 0.988. The fraction of sp³-hybridized carbons (Fsp3) is 0.600. The van der Waals surface area contributed by atoms with Gasteiger partial charge in [0.05, 0.1) is 0 Å². The van der Waals surface area contributed by atoms with Crippen molar-refractivity contribution in [1.29, 1.82) is 0 Å². The number of benzene rings is 1. The second-order valence-corrected chi connectivity index (χ2v) is 5.37. The minimum atomic E-state index is -0.202. The molecule has 0 radical (unpaired) electrons. The summed E-state index contributed by atoms with van der Waals surface area (Å²) < 4.78 is 13.1. The lowest BCUT2D eigenvalue weighted by Crippen LogP contribution is -2.31. The fourth-order valence-corrected chi connectivity index (χ4v) is 2.77. The van der Waals surface area contributed by atoms with Crippen LogP contribution in [-0.4, -0.2) is 24.5 Å². The van der Waals surface area contributed by atoms with Gasteiger partial charge in [-0.3, -0.25) is 0 Å². The van der Waals surface area contributed by atoms with Crippen molar-refractivity contribution < 1.29 is 4.39 Å². The minimum Gasteiger partial charge on any atom is -0.324 e. The molecule has 1 unspecified atom stereocenters. The maximum atomic E-state index is 13.1. The zero-order valence-electron chi connectivity index (χ0n) is 11.1. The van der Waals surface area contributed by atoms with E-state index in [1.165, 1.54) is 31.7 Å². The molecule has 0 aromatic heterocycles. The van der Waals surface area contributed by atoms with E-state index in [-0.39, 0.29) is 11.9 Å². The largest absolute Gasteiger partial charge is 0.324 e. The zero-order valence-corrected chi connectivity index (χ0v) is 11.1. The van der Waals surface area contributed by atoms with E-state index in [1.807, 2.05) is 6.07 Å². The molecule has 100 valence electrons. The molecule has 0 bridgehead atoms. The van der Waals surface area contributed by atoms with E-state index in [1.54, 1.807) is 12.1 Å². The summed E-state index contributed by atoms with van der Waals surface area (Å²) in [6, 6.07) is 7.30. The molecule has 1 aliphatic rings. The molecule has 2 rings (SSSR count). The van der Waals surface area contributed by atoms with Gasteiger partial charge in [-0.05, 0) is 50.6 Å². The van der Waals surface area contributed by atoms with Gasteiger partial charge in [-0.2, -0.15) is 0 Å². The Morgan fingerprint density at radius 1 is 1.39 bits per heavy atom. The van der Waals surface area contributed by atoms with Crippen LogP contribution in [0.15, 0.2) is 24.3 Å². The number of hydrogen-bond donors (Lipinski definition) is 1. The number of nitrogens with two attached hydrogens (primary N) is 1. The fourth-order valence-electron chi connectivity index (χ4n) is 2.77. The van der Waals surface area contributed by atoms with E-state index in [4.69, 9.17) is 5.73 Å². The van der Waals surface area contributed by atoms with Gasteiger partial charge >= 0.3 is 0 Å². The van der Waals surface area contributed by atoms with Gasteiger partial charge in [-0.1, -0.05) is 25.0 Å². The summed E-state index contributed by atoms with van der Waals surface area (Å²) in [5, 5.41) is 0. The van der Waals surface area contributed by atoms with E-state index in [0.717, 1.165) is 24.6 Å². The highest BCUT2D eigenvalue weighted by atomic mass is 19.1. The first kappa shape index (κ1) is 13.5. The second-order valence-electron chi connectivity index (χ2n) is 5.37. The van der Waals surface area contributed by atoms with E-state index in [9.17, 15) is 4.39 Å². The van der Waals surface area contributed by atoms with Crippen LogP contribution >= 0.6 is 0 Å². The Labute approximate surface area is 109 Å². The quantitative estimate of drug-likeness (QED) is 0.870. The highest BCUT2D eigenvalue weighted by Gasteiger charge is 2.19. The Morgan fingerprint density at radius 2 is 2.11 bits per heavy atom. The van der Waals surface area contributed by atoms with Crippen molar-refractivity contribution in [2.24, 2.45) is 5.73 Å². The second kappa shape index (κ2) is 6.30. The van der Waals surface area contributed by atoms with Crippen LogP contribution in [0.4, 0.5) is 4.39 Å². The first-order valence-electron chi connectivity index (χ1n) is 6.88. The Hall–Kier alpha value is -0.930. The summed E-state index contributed by atoms with van der Waals surface area (Å²) >= 11 is 0. The summed E-state index contributed by atoms with van der Waals surface area (Å²) in [5.74, 6) is -0.202. The monoisotopic (exact) mass is 250 g/mol. The van der Waals surface area contributed by atoms with Crippen molar-refractivity contribution in [2.45, 2.75) is 44.2 Å². The Bertz CT molecular complexity index is 375. The standard InChI is InChI=1S/C15H23FN2/c1-18(14-7-2-3-8-14)10-9-15(17)12-5-4-6-13(16)11-12/h4-6,11,14-15H,2-3,7-10,17H2,1H3. The van der Waals surface area contributed by atoms with Crippen molar-refractivity contribution in [3.05, 3.63) is 35.6 Å². The topological polar surface area (TPSA) is 29.3 Å². The average molecular weight is 250 g/mol. The van der Waals surface area contributed by atoms with Gasteiger partial charge in [0.15, 0.2) is 0 Å². The van der Waals surface area contributed by atoms with Crippen LogP contribution in [-0.2, 0) is 0 Å². The number of rotatable bonds is 5. The lowest BCUT2D eigenvalue weighted by Gasteiger charge is -2.25. The van der Waals surface area contributed by atoms with Crippen LogP contribution in [0.3, 0.4) is 0 Å². The van der Waals surface area contributed by atoms with Crippen molar-refractivity contribution in [3.8, 4) is 0 Å². The van der Waals surface area contributed by atoms with Gasteiger partial charge in [0, 0.05) is 12.1 Å². The maximum Gasteiger partial charge on any atom is 0.123 e. The molecule has 0 heterocycles. The number of nitrogens with zero attached hydrogens (tertiary/aromatic N) is 1. The molecule has 3 heteroatoms. The van der Waals surface area contributed by atoms with Crippen LogP contribution in [0, 0.1) is 5.82 Å². The van der Waals surface area contributed by atoms with Gasteiger partial charge in [-0.15, -0.1) is 0 Å². The van der Waals surface area contributed by atoms with Crippen LogP contribution < -0.4 is 5.73 Å². The lowest BCUT2D eigenvalue weighted by atomic mass is 10.0. The summed E-state index contributed by atoms with van der Waals surface area (Å²) in [7, 11) is 2.17. The molecule has 1 saturated carbocycles. The predicted octanol–water partition coefficient (Wildman–Crippen LogP) is 3.09. The smallest absolute Gasteiger partial charge is 0.123 e. The minimum absolute atomic E-state index is 0.0652. The number of halogens is 1. The molecule has 2 nitrogen and oxygen atoms in total. The third-order valence-electron chi connectivity index (χ3n) is 4.02. The summed E-state index contributed by atoms with van der Waals surface area (Å²) in [5.41, 5.74) is 7.02. The van der Waals surface area contributed by atoms with Gasteiger partial charge < -0.3 is 10.6 Å². The maximum absolute atomic E-state index is 13.1. The van der Waals surface area contributed by atoms with Crippen molar-refractivity contribution in [2.75, 3.05) is 13.6 Å². The van der Waals surface area contributed by atoms with E-state index in [2.05, 4.69) is 11.9 Å². The summed E-state index contributed by atoms with van der Waals surface area (Å²) in [4.78, 5) is 2.41. The molecule has 0 amide bonds. The molecule has 1 aromatic carbocycles. The normalized spacial score (nSPS) is 18.4. The lowest BCUT2D eigenvalue weighted by molar-refractivity contribution is 0.237. The molecule has 1 fully saturated rings. The van der Waals surface area contributed by atoms with E-state index < -0.39 is 0 Å². The molecule has 18 heavy (non-hydrogen) atoms. The highest BCUT2D eigenvalue weighted by Crippen LogP contribution is 2.23. The molecule has 1 atom stereocenters. The van der Waals surface area contributed by atoms with E-state index >= 15 is 0 Å². The Kier molecular flexibility index (Phi) is 4.72. The molecule has 0 saturated heterocycles. The van der Waals surface area contributed by atoms with Crippen LogP contribution in [0.5, 0.6) is 0 Å². The van der Waals surface area contributed by atoms with E-state index in [0.29, 0.717) is 0 Å². The average Bonchev–Trinajstić information content (AvgIpc) is 2.89. The Balaban J connectivity index is 1.82. The first-order chi connectivity index (χ1) is 8.66. The molecule has 1 aliphatic carbocycles. The van der Waals surface area contributed by atoms with Crippen molar-refractivity contribution in [1.82, 2.24) is 4.90 Å². The third-order valence-corrected chi connectivity index (χ3v) is 4.02.